The van der Waals surface area contributed by atoms with Crippen LogP contribution in [0, 0.1) is 17.3 Å². The molecule has 5 rings (SSSR count). The van der Waals surface area contributed by atoms with Gasteiger partial charge in [-0.2, -0.15) is 0 Å². The van der Waals surface area contributed by atoms with Crippen LogP contribution in [0.25, 0.3) is 5.76 Å². The second-order valence-electron chi connectivity index (χ2n) is 7.25. The van der Waals surface area contributed by atoms with Crippen LogP contribution in [0.2, 0.25) is 0 Å². The first kappa shape index (κ1) is 14.1. The molecule has 2 aliphatic carbocycles. The minimum Gasteiger partial charge on any atom is -0.472 e. The average Bonchev–Trinajstić information content (AvgIpc) is 3.26. The van der Waals surface area contributed by atoms with Crippen molar-refractivity contribution in [2.24, 2.45) is 17.3 Å². The van der Waals surface area contributed by atoms with Gasteiger partial charge in [-0.1, -0.05) is 6.92 Å². The minimum atomic E-state index is -0.696. The quantitative estimate of drug-likeness (QED) is 0.741. The lowest BCUT2D eigenvalue weighted by Gasteiger charge is -2.46. The summed E-state index contributed by atoms with van der Waals surface area (Å²) in [4.78, 5) is 25.2. The molecule has 0 aromatic carbocycles. The predicted octanol–water partition coefficient (Wildman–Crippen LogP) is 3.23. The van der Waals surface area contributed by atoms with Crippen molar-refractivity contribution >= 4 is 17.7 Å². The third kappa shape index (κ3) is 1.60. The molecule has 5 nitrogen and oxygen atoms in total. The molecule has 0 N–H and O–H groups in total. The maximum Gasteiger partial charge on any atom is 0.334 e. The van der Waals surface area contributed by atoms with Crippen molar-refractivity contribution in [2.75, 3.05) is 0 Å². The normalized spacial score (nSPS) is 37.4. The molecule has 24 heavy (non-hydrogen) atoms. The molecule has 5 heteroatoms. The largest absolute Gasteiger partial charge is 0.472 e. The summed E-state index contributed by atoms with van der Waals surface area (Å²) in [5, 5.41) is 0. The SMILES string of the molecule is C[C@H]1C[C@H]2OC(=O)C3=C2[C@@H](CCC3)[C@]12C=C(c1ccoc1)OC2=O. The van der Waals surface area contributed by atoms with Gasteiger partial charge in [0.15, 0.2) is 0 Å². The molecular weight excluding hydrogens is 308 g/mol. The molecule has 124 valence electrons. The van der Waals surface area contributed by atoms with Gasteiger partial charge in [0.2, 0.25) is 0 Å². The molecular formula is C19H18O5. The highest BCUT2D eigenvalue weighted by Crippen LogP contribution is 2.60. The van der Waals surface area contributed by atoms with Crippen molar-refractivity contribution < 1.29 is 23.5 Å². The Hall–Kier alpha value is -2.30. The lowest BCUT2D eigenvalue weighted by atomic mass is 9.55. The first-order valence-corrected chi connectivity index (χ1v) is 8.53. The van der Waals surface area contributed by atoms with Crippen LogP contribution in [0.4, 0.5) is 0 Å². The molecule has 1 saturated carbocycles. The molecule has 0 amide bonds. The molecule has 0 unspecified atom stereocenters. The molecule has 1 aromatic rings. The Kier molecular flexibility index (Phi) is 2.71. The van der Waals surface area contributed by atoms with Crippen LogP contribution < -0.4 is 0 Å². The standard InChI is InChI=1S/C19H18O5/c1-10-7-14-16-12(17(20)23-14)3-2-4-13(16)19(10)8-15(24-18(19)21)11-5-6-22-9-11/h5-6,8-10,13-14H,2-4,7H2,1H3/t10-,13+,14+,19-/m0/s1. The topological polar surface area (TPSA) is 65.7 Å². The zero-order valence-electron chi connectivity index (χ0n) is 13.4. The lowest BCUT2D eigenvalue weighted by Crippen LogP contribution is -2.49. The molecule has 1 fully saturated rings. The zero-order valence-corrected chi connectivity index (χ0v) is 13.4. The van der Waals surface area contributed by atoms with E-state index in [1.807, 2.05) is 6.08 Å². The van der Waals surface area contributed by atoms with E-state index in [-0.39, 0.29) is 29.9 Å². The zero-order chi connectivity index (χ0) is 16.5. The van der Waals surface area contributed by atoms with E-state index in [1.165, 1.54) is 0 Å². The van der Waals surface area contributed by atoms with Crippen LogP contribution in [0.1, 0.15) is 38.2 Å². The van der Waals surface area contributed by atoms with Crippen LogP contribution in [-0.4, -0.2) is 18.0 Å². The summed E-state index contributed by atoms with van der Waals surface area (Å²) in [6, 6.07) is 1.79. The smallest absolute Gasteiger partial charge is 0.334 e. The fraction of sp³-hybridized carbons (Fsp3) is 0.474. The number of carbonyl (C=O) groups excluding carboxylic acids is 2. The Balaban J connectivity index is 1.67. The molecule has 0 bridgehead atoms. The van der Waals surface area contributed by atoms with Gasteiger partial charge < -0.3 is 13.9 Å². The lowest BCUT2D eigenvalue weighted by molar-refractivity contribution is -0.151. The number of carbonyl (C=O) groups is 2. The van der Waals surface area contributed by atoms with Crippen molar-refractivity contribution in [2.45, 2.75) is 38.7 Å². The fourth-order valence-electron chi connectivity index (χ4n) is 5.05. The van der Waals surface area contributed by atoms with Crippen molar-refractivity contribution in [3.63, 3.8) is 0 Å². The van der Waals surface area contributed by atoms with E-state index >= 15 is 0 Å². The van der Waals surface area contributed by atoms with E-state index < -0.39 is 5.41 Å². The molecule has 4 aliphatic rings. The van der Waals surface area contributed by atoms with Crippen molar-refractivity contribution in [3.8, 4) is 0 Å². The number of hydrogen-bond acceptors (Lipinski definition) is 5. The van der Waals surface area contributed by atoms with Gasteiger partial charge >= 0.3 is 11.9 Å². The van der Waals surface area contributed by atoms with Gasteiger partial charge in [0.1, 0.15) is 18.1 Å². The maximum atomic E-state index is 13.0. The highest BCUT2D eigenvalue weighted by atomic mass is 16.6. The van der Waals surface area contributed by atoms with Crippen LogP contribution in [0.5, 0.6) is 0 Å². The minimum absolute atomic E-state index is 0.00153. The van der Waals surface area contributed by atoms with Gasteiger partial charge in [-0.05, 0) is 49.3 Å². The highest BCUT2D eigenvalue weighted by Gasteiger charge is 2.61. The number of ether oxygens (including phenoxy) is 2. The number of furan rings is 1. The number of cyclic esters (lactones) is 1. The molecule has 3 heterocycles. The summed E-state index contributed by atoms with van der Waals surface area (Å²) in [6.45, 7) is 2.06. The van der Waals surface area contributed by atoms with E-state index in [4.69, 9.17) is 13.9 Å². The summed E-state index contributed by atoms with van der Waals surface area (Å²) < 4.78 is 16.4. The summed E-state index contributed by atoms with van der Waals surface area (Å²) in [5.41, 5.74) is 1.95. The van der Waals surface area contributed by atoms with E-state index in [9.17, 15) is 9.59 Å². The van der Waals surface area contributed by atoms with Crippen LogP contribution >= 0.6 is 0 Å². The summed E-state index contributed by atoms with van der Waals surface area (Å²) in [5.74, 6) is 0.228. The van der Waals surface area contributed by atoms with E-state index in [2.05, 4.69) is 6.92 Å². The first-order valence-electron chi connectivity index (χ1n) is 8.53. The molecule has 1 spiro atoms. The number of esters is 2. The Morgan fingerprint density at radius 2 is 2.17 bits per heavy atom. The highest BCUT2D eigenvalue weighted by molar-refractivity contribution is 5.96. The van der Waals surface area contributed by atoms with Gasteiger partial charge in [0.05, 0.1) is 17.2 Å². The van der Waals surface area contributed by atoms with E-state index in [0.717, 1.165) is 36.0 Å². The summed E-state index contributed by atoms with van der Waals surface area (Å²) >= 11 is 0. The first-order chi connectivity index (χ1) is 11.6. The number of rotatable bonds is 1. The Morgan fingerprint density at radius 1 is 1.29 bits per heavy atom. The van der Waals surface area contributed by atoms with E-state index in [0.29, 0.717) is 12.2 Å². The second-order valence-corrected chi connectivity index (χ2v) is 7.25. The maximum absolute atomic E-state index is 13.0. The molecule has 0 radical (unpaired) electrons. The average molecular weight is 326 g/mol. The van der Waals surface area contributed by atoms with Crippen LogP contribution in [0.15, 0.2) is 40.2 Å². The van der Waals surface area contributed by atoms with Crippen molar-refractivity contribution in [3.05, 3.63) is 41.4 Å². The molecule has 2 aliphatic heterocycles. The van der Waals surface area contributed by atoms with E-state index in [1.54, 1.807) is 18.6 Å². The Bertz CT molecular complexity index is 800. The fourth-order valence-corrected chi connectivity index (χ4v) is 5.05. The van der Waals surface area contributed by atoms with Gasteiger partial charge in [-0.25, -0.2) is 4.79 Å². The van der Waals surface area contributed by atoms with Crippen molar-refractivity contribution in [1.82, 2.24) is 0 Å². The third-order valence-corrected chi connectivity index (χ3v) is 6.18. The van der Waals surface area contributed by atoms with Crippen LogP contribution in [-0.2, 0) is 19.1 Å². The molecule has 1 aromatic heterocycles. The third-order valence-electron chi connectivity index (χ3n) is 6.18. The summed E-state index contributed by atoms with van der Waals surface area (Å²) in [7, 11) is 0. The van der Waals surface area contributed by atoms with Gasteiger partial charge in [-0.15, -0.1) is 0 Å². The molecule has 4 atom stereocenters. The number of hydrogen-bond donors (Lipinski definition) is 0. The monoisotopic (exact) mass is 326 g/mol. The Morgan fingerprint density at radius 3 is 2.96 bits per heavy atom. The van der Waals surface area contributed by atoms with Crippen LogP contribution in [0.3, 0.4) is 0 Å². The van der Waals surface area contributed by atoms with Crippen molar-refractivity contribution in [1.29, 1.82) is 0 Å². The Labute approximate surface area is 139 Å². The van der Waals surface area contributed by atoms with Gasteiger partial charge in [0, 0.05) is 11.5 Å². The van der Waals surface area contributed by atoms with Gasteiger partial charge in [0.25, 0.3) is 0 Å². The second kappa shape index (κ2) is 4.62. The number of fused-ring (bicyclic) bond motifs is 1. The predicted molar refractivity (Wildman–Crippen MR) is 83.2 cm³/mol. The molecule has 0 saturated heterocycles. The summed E-state index contributed by atoms with van der Waals surface area (Å²) in [6.07, 6.45) is 8.21. The van der Waals surface area contributed by atoms with Gasteiger partial charge in [-0.3, -0.25) is 4.79 Å².